The zero-order valence-corrected chi connectivity index (χ0v) is 37.6. The van der Waals surface area contributed by atoms with E-state index in [4.69, 9.17) is 9.47 Å². The molecule has 8 rings (SSSR count). The van der Waals surface area contributed by atoms with Crippen molar-refractivity contribution in [3.63, 3.8) is 0 Å². The molecule has 8 aliphatic rings. The van der Waals surface area contributed by atoms with Gasteiger partial charge in [-0.25, -0.2) is 0 Å². The lowest BCUT2D eigenvalue weighted by Crippen LogP contribution is -2.68. The number of rotatable bonds is 7. The normalized spacial score (nSPS) is 47.0. The molecule has 0 aromatic carbocycles. The molecule has 1 saturated heterocycles. The first-order valence-corrected chi connectivity index (χ1v) is 23.2. The number of aliphatic carboxylic acids is 1. The van der Waals surface area contributed by atoms with Crippen LogP contribution < -0.4 is 5.32 Å². The van der Waals surface area contributed by atoms with Crippen molar-refractivity contribution in [1.82, 2.24) is 10.2 Å². The third-order valence-corrected chi connectivity index (χ3v) is 20.8. The molecule has 58 heavy (non-hydrogen) atoms. The molecule has 0 radical (unpaired) electrons. The van der Waals surface area contributed by atoms with Crippen molar-refractivity contribution >= 4 is 23.8 Å². The predicted octanol–water partition coefficient (Wildman–Crippen LogP) is 8.69. The number of carbonyl (C=O) groups is 4. The van der Waals surface area contributed by atoms with E-state index in [1.807, 2.05) is 18.7 Å². The number of carbonyl (C=O) groups excluding carboxylic acids is 3. The summed E-state index contributed by atoms with van der Waals surface area (Å²) in [5.41, 5.74) is 0.0496. The summed E-state index contributed by atoms with van der Waals surface area (Å²) in [6, 6.07) is -0.00897. The quantitative estimate of drug-likeness (QED) is 0.195. The highest BCUT2D eigenvalue weighted by Crippen LogP contribution is 2.78. The Kier molecular flexibility index (Phi) is 10.1. The Morgan fingerprint density at radius 1 is 0.724 bits per heavy atom. The van der Waals surface area contributed by atoms with Crippen LogP contribution in [-0.4, -0.2) is 72.2 Å². The number of carboxylic acid groups (broad SMARTS) is 1. The fourth-order valence-corrected chi connectivity index (χ4v) is 16.6. The Bertz CT molecular complexity index is 1730. The van der Waals surface area contributed by atoms with Gasteiger partial charge in [-0.15, -0.1) is 0 Å². The van der Waals surface area contributed by atoms with E-state index in [0.717, 1.165) is 64.2 Å². The smallest absolute Gasteiger partial charge is 0.309 e. The molecule has 1 heterocycles. The number of nitrogens with one attached hydrogen (secondary N) is 1. The highest BCUT2D eigenvalue weighted by molar-refractivity contribution is 5.86. The van der Waals surface area contributed by atoms with Crippen LogP contribution in [0.3, 0.4) is 0 Å². The lowest BCUT2D eigenvalue weighted by Gasteiger charge is -2.73. The molecular weight excluding hydrogens is 729 g/mol. The molecule has 2 amide bonds. The Morgan fingerprint density at radius 2 is 1.41 bits per heavy atom. The van der Waals surface area contributed by atoms with Crippen LogP contribution in [0.2, 0.25) is 0 Å². The Hall–Kier alpha value is -2.42. The number of hydrogen-bond donors (Lipinski definition) is 2. The molecule has 9 heteroatoms. The van der Waals surface area contributed by atoms with Gasteiger partial charge in [-0.1, -0.05) is 74.5 Å². The number of fused-ring (bicyclic) bond motifs is 7. The molecule has 7 saturated carbocycles. The SMILES string of the molecule is C=C(C)[C@@H]1CC[C@]2(C(=O)N[C@H]3C[C@@H](C(=O)N4CCOCC4)C3(C)C)CC[C@]3(C)[C@H](CC[C@@H]4[C@@]5(C)CC[C@H](OC(=O)[C@@H]6C[C@H](C(=O)O)C6(C)C)C(C)(C)[C@@H]5CC[C@]43C)[C@@H]12. The Balaban J connectivity index is 1.00. The topological polar surface area (TPSA) is 122 Å². The van der Waals surface area contributed by atoms with Crippen molar-refractivity contribution in [3.8, 4) is 0 Å². The highest BCUT2D eigenvalue weighted by atomic mass is 16.5. The van der Waals surface area contributed by atoms with Crippen molar-refractivity contribution in [2.24, 2.45) is 85.2 Å². The van der Waals surface area contributed by atoms with Gasteiger partial charge in [-0.2, -0.15) is 0 Å². The first-order chi connectivity index (χ1) is 27.0. The summed E-state index contributed by atoms with van der Waals surface area (Å²) in [5, 5.41) is 13.3. The number of allylic oxidation sites excluding steroid dienone is 1. The number of amides is 2. The van der Waals surface area contributed by atoms with Gasteiger partial charge in [-0.3, -0.25) is 19.2 Å². The minimum atomic E-state index is -0.823. The summed E-state index contributed by atoms with van der Waals surface area (Å²) in [4.78, 5) is 56.0. The number of carboxylic acids is 1. The third kappa shape index (κ3) is 5.74. The maximum Gasteiger partial charge on any atom is 0.309 e. The minimum Gasteiger partial charge on any atom is -0.481 e. The van der Waals surface area contributed by atoms with Crippen molar-refractivity contribution < 1.29 is 33.8 Å². The second kappa shape index (κ2) is 13.8. The van der Waals surface area contributed by atoms with Gasteiger partial charge in [0, 0.05) is 30.5 Å². The molecule has 14 atom stereocenters. The van der Waals surface area contributed by atoms with Gasteiger partial charge < -0.3 is 24.8 Å². The maximum absolute atomic E-state index is 15.0. The molecule has 0 aromatic rings. The van der Waals surface area contributed by atoms with Crippen LogP contribution in [0.5, 0.6) is 0 Å². The van der Waals surface area contributed by atoms with Gasteiger partial charge in [-0.05, 0) is 141 Å². The fraction of sp³-hybridized carbons (Fsp3) is 0.878. The second-order valence-corrected chi connectivity index (χ2v) is 23.7. The lowest BCUT2D eigenvalue weighted by molar-refractivity contribution is -0.251. The van der Waals surface area contributed by atoms with E-state index in [1.165, 1.54) is 5.57 Å². The van der Waals surface area contributed by atoms with Crippen molar-refractivity contribution in [2.75, 3.05) is 26.3 Å². The van der Waals surface area contributed by atoms with Gasteiger partial charge >= 0.3 is 11.9 Å². The molecule has 0 spiro atoms. The van der Waals surface area contributed by atoms with E-state index in [-0.39, 0.29) is 74.8 Å². The van der Waals surface area contributed by atoms with Crippen molar-refractivity contribution in [2.45, 2.75) is 158 Å². The summed E-state index contributed by atoms with van der Waals surface area (Å²) in [7, 11) is 0. The van der Waals surface area contributed by atoms with Crippen LogP contribution in [0, 0.1) is 85.2 Å². The monoisotopic (exact) mass is 805 g/mol. The van der Waals surface area contributed by atoms with Gasteiger partial charge in [0.05, 0.1) is 30.5 Å². The van der Waals surface area contributed by atoms with E-state index in [9.17, 15) is 19.5 Å². The van der Waals surface area contributed by atoms with E-state index < -0.39 is 22.7 Å². The van der Waals surface area contributed by atoms with Gasteiger partial charge in [0.2, 0.25) is 11.8 Å². The van der Waals surface area contributed by atoms with E-state index in [1.54, 1.807) is 0 Å². The summed E-state index contributed by atoms with van der Waals surface area (Å²) < 4.78 is 12.0. The first kappa shape index (κ1) is 42.3. The molecule has 0 unspecified atom stereocenters. The molecule has 7 aliphatic carbocycles. The number of hydrogen-bond acceptors (Lipinski definition) is 6. The lowest BCUT2D eigenvalue weighted by atomic mass is 9.32. The third-order valence-electron chi connectivity index (χ3n) is 20.8. The second-order valence-electron chi connectivity index (χ2n) is 23.7. The molecular formula is C49H76N2O7. The number of morpholine rings is 1. The molecule has 0 bridgehead atoms. The van der Waals surface area contributed by atoms with Crippen molar-refractivity contribution in [1.29, 1.82) is 0 Å². The zero-order valence-electron chi connectivity index (χ0n) is 37.6. The van der Waals surface area contributed by atoms with Crippen LogP contribution in [0.25, 0.3) is 0 Å². The summed E-state index contributed by atoms with van der Waals surface area (Å²) in [6.45, 7) is 29.9. The number of ether oxygens (including phenoxy) is 2. The van der Waals surface area contributed by atoms with Gasteiger partial charge in [0.25, 0.3) is 0 Å². The van der Waals surface area contributed by atoms with Crippen LogP contribution in [0.15, 0.2) is 12.2 Å². The molecule has 1 aliphatic heterocycles. The van der Waals surface area contributed by atoms with E-state index in [2.05, 4.69) is 67.3 Å². The van der Waals surface area contributed by atoms with Crippen LogP contribution in [0.4, 0.5) is 0 Å². The Morgan fingerprint density at radius 3 is 2.03 bits per heavy atom. The first-order valence-electron chi connectivity index (χ1n) is 23.2. The largest absolute Gasteiger partial charge is 0.481 e. The zero-order chi connectivity index (χ0) is 42.2. The Labute approximate surface area is 348 Å². The molecule has 2 N–H and O–H groups in total. The van der Waals surface area contributed by atoms with Crippen LogP contribution in [0.1, 0.15) is 146 Å². The van der Waals surface area contributed by atoms with Gasteiger partial charge in [0.15, 0.2) is 0 Å². The summed E-state index contributed by atoms with van der Waals surface area (Å²) in [5.74, 6) is 0.463. The van der Waals surface area contributed by atoms with Crippen molar-refractivity contribution in [3.05, 3.63) is 12.2 Å². The highest BCUT2D eigenvalue weighted by Gasteiger charge is 2.72. The molecule has 324 valence electrons. The van der Waals surface area contributed by atoms with Crippen LogP contribution >= 0.6 is 0 Å². The van der Waals surface area contributed by atoms with Crippen LogP contribution in [-0.2, 0) is 28.7 Å². The number of nitrogens with zero attached hydrogens (tertiary/aromatic N) is 1. The molecule has 0 aromatic heterocycles. The standard InChI is InChI=1S/C49H76N2O7/c1-28(2)29-14-19-49(42(56)50-36-27-31(44(36,5)6)39(52)51-22-24-57-25-23-51)21-20-47(10)30(38(29)49)12-13-35-46(9)17-16-37(45(7,8)34(46)15-18-48(35,47)11)58-41(55)33-26-32(40(53)54)43(33,3)4/h29-38H,1,12-27H2,2-11H3,(H,50,56)(H,53,54)/t29-,30+,31-,32+,33-,34-,35+,36-,37-,38+,46-,47+,48+,49-/m0/s1. The maximum atomic E-state index is 15.0. The predicted molar refractivity (Wildman–Crippen MR) is 223 cm³/mol. The molecule has 9 nitrogen and oxygen atoms in total. The van der Waals surface area contributed by atoms with E-state index in [0.29, 0.717) is 62.8 Å². The summed E-state index contributed by atoms with van der Waals surface area (Å²) >= 11 is 0. The average molecular weight is 805 g/mol. The van der Waals surface area contributed by atoms with E-state index >= 15 is 4.79 Å². The molecule has 8 fully saturated rings. The fourth-order valence-electron chi connectivity index (χ4n) is 16.6. The number of esters is 1. The minimum absolute atomic E-state index is 0.00897. The van der Waals surface area contributed by atoms with Gasteiger partial charge in [0.1, 0.15) is 6.10 Å². The summed E-state index contributed by atoms with van der Waals surface area (Å²) in [6.07, 6.45) is 11.2. The average Bonchev–Trinajstić information content (AvgIpc) is 3.55.